The van der Waals surface area contributed by atoms with Crippen LogP contribution in [0.5, 0.6) is 0 Å². The molecule has 1 unspecified atom stereocenters. The van der Waals surface area contributed by atoms with E-state index in [1.165, 1.54) is 6.26 Å². The van der Waals surface area contributed by atoms with E-state index >= 15 is 0 Å². The van der Waals surface area contributed by atoms with Crippen molar-refractivity contribution in [2.75, 3.05) is 6.61 Å². The predicted molar refractivity (Wildman–Crippen MR) is 49.7 cm³/mol. The van der Waals surface area contributed by atoms with Crippen LogP contribution in [0.2, 0.25) is 0 Å². The van der Waals surface area contributed by atoms with Crippen molar-refractivity contribution < 1.29 is 17.9 Å². The Labute approximate surface area is 86.4 Å². The highest BCUT2D eigenvalue weighted by Gasteiger charge is 2.29. The van der Waals surface area contributed by atoms with E-state index in [4.69, 9.17) is 10.6 Å². The van der Waals surface area contributed by atoms with Crippen molar-refractivity contribution in [2.24, 2.45) is 5.84 Å². The van der Waals surface area contributed by atoms with E-state index in [0.717, 1.165) is 18.4 Å². The van der Waals surface area contributed by atoms with Crippen molar-refractivity contribution in [1.29, 1.82) is 0 Å². The molecule has 1 aliphatic rings. The monoisotopic (exact) mass is 224 g/mol. The van der Waals surface area contributed by atoms with Crippen molar-refractivity contribution in [2.45, 2.75) is 37.9 Å². The number of nitrogens with one attached hydrogen (secondary N) is 1. The van der Waals surface area contributed by atoms with Crippen LogP contribution in [0.4, 0.5) is 13.2 Å². The highest BCUT2D eigenvalue weighted by atomic mass is 19.4. The largest absolute Gasteiger partial charge is 0.501 e. The molecule has 1 rings (SSSR count). The third-order valence-electron chi connectivity index (χ3n) is 2.33. The number of halogens is 3. The zero-order valence-electron chi connectivity index (χ0n) is 8.31. The Morgan fingerprint density at radius 2 is 2.27 bits per heavy atom. The third kappa shape index (κ3) is 4.53. The van der Waals surface area contributed by atoms with E-state index in [0.29, 0.717) is 6.61 Å². The molecule has 0 saturated carbocycles. The maximum atomic E-state index is 12.0. The summed E-state index contributed by atoms with van der Waals surface area (Å²) < 4.78 is 41.1. The van der Waals surface area contributed by atoms with Crippen LogP contribution >= 0.6 is 0 Å². The van der Waals surface area contributed by atoms with Crippen LogP contribution in [0.3, 0.4) is 0 Å². The van der Waals surface area contributed by atoms with Gasteiger partial charge in [0.25, 0.3) is 0 Å². The molecule has 0 saturated heterocycles. The lowest BCUT2D eigenvalue weighted by Crippen LogP contribution is -2.38. The molecule has 0 aromatic carbocycles. The van der Waals surface area contributed by atoms with Crippen LogP contribution in [0.15, 0.2) is 11.8 Å². The first-order chi connectivity index (χ1) is 7.03. The van der Waals surface area contributed by atoms with Gasteiger partial charge in [0.2, 0.25) is 0 Å². The maximum Gasteiger partial charge on any atom is 0.389 e. The molecule has 1 atom stereocenters. The van der Waals surface area contributed by atoms with Crippen LogP contribution < -0.4 is 11.3 Å². The summed E-state index contributed by atoms with van der Waals surface area (Å²) in [4.78, 5) is 0. The summed E-state index contributed by atoms with van der Waals surface area (Å²) in [6.07, 6.45) is -1.92. The second kappa shape index (κ2) is 5.37. The lowest BCUT2D eigenvalue weighted by Gasteiger charge is -2.22. The fourth-order valence-corrected chi connectivity index (χ4v) is 1.52. The molecule has 0 amide bonds. The zero-order valence-corrected chi connectivity index (χ0v) is 8.31. The number of nitrogens with two attached hydrogens (primary N) is 1. The number of hydrogen-bond donors (Lipinski definition) is 2. The molecule has 0 aliphatic carbocycles. The average Bonchev–Trinajstić information content (AvgIpc) is 2.19. The van der Waals surface area contributed by atoms with Crippen molar-refractivity contribution in [1.82, 2.24) is 5.43 Å². The predicted octanol–water partition coefficient (Wildman–Crippen LogP) is 1.86. The number of rotatable bonds is 4. The number of hydrazine groups is 1. The van der Waals surface area contributed by atoms with Gasteiger partial charge < -0.3 is 4.74 Å². The van der Waals surface area contributed by atoms with Crippen molar-refractivity contribution in [3.05, 3.63) is 11.8 Å². The van der Waals surface area contributed by atoms with Gasteiger partial charge in [-0.15, -0.1) is 0 Å². The lowest BCUT2D eigenvalue weighted by atomic mass is 9.98. The summed E-state index contributed by atoms with van der Waals surface area (Å²) in [6.45, 7) is 0.625. The first-order valence-corrected chi connectivity index (χ1v) is 4.86. The standard InChI is InChI=1S/C9H15F3N2O/c10-9(11,12)4-3-8(14-13)7-2-1-5-15-6-7/h6,8,14H,1-5,13H2. The van der Waals surface area contributed by atoms with Gasteiger partial charge in [-0.2, -0.15) is 13.2 Å². The first-order valence-electron chi connectivity index (χ1n) is 4.86. The van der Waals surface area contributed by atoms with E-state index < -0.39 is 18.6 Å². The average molecular weight is 224 g/mol. The summed E-state index contributed by atoms with van der Waals surface area (Å²) in [7, 11) is 0. The van der Waals surface area contributed by atoms with Crippen LogP contribution in [-0.4, -0.2) is 18.8 Å². The Kier molecular flexibility index (Phi) is 4.41. The fourth-order valence-electron chi connectivity index (χ4n) is 1.52. The molecule has 0 aromatic rings. The Balaban J connectivity index is 2.44. The minimum absolute atomic E-state index is 0.0464. The van der Waals surface area contributed by atoms with E-state index in [9.17, 15) is 13.2 Å². The summed E-state index contributed by atoms with van der Waals surface area (Å²) in [6, 6.07) is -0.438. The van der Waals surface area contributed by atoms with E-state index in [-0.39, 0.29) is 6.42 Å². The molecule has 0 aromatic heterocycles. The van der Waals surface area contributed by atoms with Gasteiger partial charge >= 0.3 is 6.18 Å². The summed E-state index contributed by atoms with van der Waals surface area (Å²) in [5, 5.41) is 0. The highest BCUT2D eigenvalue weighted by Crippen LogP contribution is 2.25. The lowest BCUT2D eigenvalue weighted by molar-refractivity contribution is -0.136. The Hall–Kier alpha value is -0.750. The first kappa shape index (κ1) is 12.3. The van der Waals surface area contributed by atoms with E-state index in [2.05, 4.69) is 5.43 Å². The molecule has 0 fully saturated rings. The second-order valence-corrected chi connectivity index (χ2v) is 3.54. The van der Waals surface area contributed by atoms with Crippen LogP contribution in [0.1, 0.15) is 25.7 Å². The van der Waals surface area contributed by atoms with Gasteiger partial charge in [0.1, 0.15) is 0 Å². The van der Waals surface area contributed by atoms with Gasteiger partial charge in [0.05, 0.1) is 12.9 Å². The summed E-state index contributed by atoms with van der Waals surface area (Å²) >= 11 is 0. The second-order valence-electron chi connectivity index (χ2n) is 3.54. The van der Waals surface area contributed by atoms with E-state index in [1.807, 2.05) is 0 Å². The van der Waals surface area contributed by atoms with Crippen LogP contribution in [-0.2, 0) is 4.74 Å². The van der Waals surface area contributed by atoms with Crippen LogP contribution in [0, 0.1) is 0 Å². The number of alkyl halides is 3. The molecule has 1 heterocycles. The Morgan fingerprint density at radius 1 is 1.53 bits per heavy atom. The van der Waals surface area contributed by atoms with Gasteiger partial charge in [-0.1, -0.05) is 0 Å². The SMILES string of the molecule is NNC(CCC(F)(F)F)C1=COCCC1. The van der Waals surface area contributed by atoms with Crippen LogP contribution in [0.25, 0.3) is 0 Å². The van der Waals surface area contributed by atoms with Gasteiger partial charge in [0, 0.05) is 12.5 Å². The Morgan fingerprint density at radius 3 is 2.73 bits per heavy atom. The minimum atomic E-state index is -4.13. The molecule has 6 heteroatoms. The quantitative estimate of drug-likeness (QED) is 0.566. The number of ether oxygens (including phenoxy) is 1. The van der Waals surface area contributed by atoms with Crippen molar-refractivity contribution >= 4 is 0 Å². The summed E-state index contributed by atoms with van der Waals surface area (Å²) in [5.74, 6) is 5.22. The van der Waals surface area contributed by atoms with Gasteiger partial charge in [-0.05, 0) is 24.8 Å². The normalized spacial score (nSPS) is 19.3. The van der Waals surface area contributed by atoms with E-state index in [1.54, 1.807) is 0 Å². The molecule has 0 spiro atoms. The molecule has 88 valence electrons. The minimum Gasteiger partial charge on any atom is -0.501 e. The summed E-state index contributed by atoms with van der Waals surface area (Å²) in [5.41, 5.74) is 3.21. The Bertz CT molecular complexity index is 228. The highest BCUT2D eigenvalue weighted by molar-refractivity contribution is 5.09. The smallest absolute Gasteiger partial charge is 0.389 e. The number of hydrogen-bond acceptors (Lipinski definition) is 3. The van der Waals surface area contributed by atoms with Gasteiger partial charge in [-0.3, -0.25) is 11.3 Å². The van der Waals surface area contributed by atoms with Crippen molar-refractivity contribution in [3.8, 4) is 0 Å². The molecule has 0 bridgehead atoms. The third-order valence-corrected chi connectivity index (χ3v) is 2.33. The molecular weight excluding hydrogens is 209 g/mol. The molecule has 3 nitrogen and oxygen atoms in total. The van der Waals surface area contributed by atoms with Gasteiger partial charge in [-0.25, -0.2) is 0 Å². The van der Waals surface area contributed by atoms with Crippen molar-refractivity contribution in [3.63, 3.8) is 0 Å². The van der Waals surface area contributed by atoms with Gasteiger partial charge in [0.15, 0.2) is 0 Å². The fraction of sp³-hybridized carbons (Fsp3) is 0.778. The maximum absolute atomic E-state index is 12.0. The molecule has 1 aliphatic heterocycles. The molecule has 15 heavy (non-hydrogen) atoms. The molecular formula is C9H15F3N2O. The molecule has 0 radical (unpaired) electrons. The molecule has 3 N–H and O–H groups in total. The topological polar surface area (TPSA) is 47.3 Å². The zero-order chi connectivity index (χ0) is 11.3.